The second kappa shape index (κ2) is 7.43. The number of rotatable bonds is 4. The van der Waals surface area contributed by atoms with Gasteiger partial charge in [-0.3, -0.25) is 4.79 Å². The summed E-state index contributed by atoms with van der Waals surface area (Å²) in [6.07, 6.45) is 0.775. The van der Waals surface area contributed by atoms with Crippen LogP contribution in [0.4, 0.5) is 0 Å². The number of amides is 1. The molecule has 5 nitrogen and oxygen atoms in total. The highest BCUT2D eigenvalue weighted by molar-refractivity contribution is 8.01. The van der Waals surface area contributed by atoms with Gasteiger partial charge in [-0.1, -0.05) is 65.8 Å². The number of nitrogens with zero attached hydrogens (tertiary/aromatic N) is 3. The summed E-state index contributed by atoms with van der Waals surface area (Å²) in [5.41, 5.74) is 10.5. The number of nitrogens with one attached hydrogen (secondary N) is 1. The molecule has 3 rings (SSSR count). The van der Waals surface area contributed by atoms with E-state index in [1.807, 2.05) is 60.7 Å². The molecule has 0 bridgehead atoms. The predicted octanol–water partition coefficient (Wildman–Crippen LogP) is 3.86. The number of carbonyl (C=O) groups excluding carboxylic acids is 1. The summed E-state index contributed by atoms with van der Waals surface area (Å²) in [4.78, 5) is 16.0. The van der Waals surface area contributed by atoms with Crippen LogP contribution in [-0.2, 0) is 9.54 Å². The molecule has 122 valence electrons. The van der Waals surface area contributed by atoms with Crippen LogP contribution >= 0.6 is 11.8 Å². The molecule has 0 saturated carbocycles. The minimum atomic E-state index is -0.784. The second-order valence-corrected chi connectivity index (χ2v) is 6.94. The van der Waals surface area contributed by atoms with Crippen molar-refractivity contribution in [3.05, 3.63) is 82.2 Å². The van der Waals surface area contributed by atoms with Crippen LogP contribution in [0.25, 0.3) is 10.4 Å². The fourth-order valence-corrected chi connectivity index (χ4v) is 4.50. The number of hydrogen-bond donors (Lipinski definition) is 1. The van der Waals surface area contributed by atoms with E-state index in [1.54, 1.807) is 11.8 Å². The van der Waals surface area contributed by atoms with Gasteiger partial charge < -0.3 is 5.32 Å². The standard InChI is InChI=1S/C18H18N4OS/c19-22-20-13-16-11-12-24-18(17(23)21-16,14-7-3-1-4-8-14)15-9-5-2-6-10-15/h1-10,16H,11-13H2,(H,21,23)/t16-/m0/s1. The first-order chi connectivity index (χ1) is 11.8. The highest BCUT2D eigenvalue weighted by Gasteiger charge is 2.44. The van der Waals surface area contributed by atoms with Crippen molar-refractivity contribution in [2.24, 2.45) is 5.11 Å². The Hall–Kier alpha value is -2.43. The van der Waals surface area contributed by atoms with Gasteiger partial charge >= 0.3 is 0 Å². The predicted molar refractivity (Wildman–Crippen MR) is 96.7 cm³/mol. The molecule has 2 aromatic rings. The van der Waals surface area contributed by atoms with Crippen molar-refractivity contribution in [3.63, 3.8) is 0 Å². The molecular weight excluding hydrogens is 320 g/mol. The van der Waals surface area contributed by atoms with Crippen molar-refractivity contribution in [1.29, 1.82) is 0 Å². The molecule has 24 heavy (non-hydrogen) atoms. The maximum atomic E-state index is 13.2. The van der Waals surface area contributed by atoms with Crippen LogP contribution in [0, 0.1) is 0 Å². The third kappa shape index (κ3) is 3.11. The SMILES string of the molecule is [N-]=[N+]=NC[C@@H]1CCSC(c2ccccc2)(c2ccccc2)C(=O)N1. The van der Waals surface area contributed by atoms with E-state index in [4.69, 9.17) is 5.53 Å². The van der Waals surface area contributed by atoms with Gasteiger partial charge in [0.1, 0.15) is 4.75 Å². The minimum absolute atomic E-state index is 0.0551. The number of carbonyl (C=O) groups is 1. The van der Waals surface area contributed by atoms with Gasteiger partial charge in [-0.15, -0.1) is 11.8 Å². The first kappa shape index (κ1) is 16.4. The van der Waals surface area contributed by atoms with Gasteiger partial charge in [-0.25, -0.2) is 0 Å². The zero-order valence-corrected chi connectivity index (χ0v) is 13.9. The Kier molecular flexibility index (Phi) is 5.08. The average molecular weight is 338 g/mol. The van der Waals surface area contributed by atoms with Crippen molar-refractivity contribution >= 4 is 17.7 Å². The largest absolute Gasteiger partial charge is 0.351 e. The second-order valence-electron chi connectivity index (χ2n) is 5.63. The van der Waals surface area contributed by atoms with Crippen molar-refractivity contribution < 1.29 is 4.79 Å². The Morgan fingerprint density at radius 3 is 2.25 bits per heavy atom. The fraction of sp³-hybridized carbons (Fsp3) is 0.278. The zero-order chi connectivity index (χ0) is 16.8. The van der Waals surface area contributed by atoms with E-state index in [2.05, 4.69) is 15.3 Å². The lowest BCUT2D eigenvalue weighted by Crippen LogP contribution is -2.46. The minimum Gasteiger partial charge on any atom is -0.351 e. The van der Waals surface area contributed by atoms with Crippen molar-refractivity contribution in [2.75, 3.05) is 12.3 Å². The van der Waals surface area contributed by atoms with E-state index < -0.39 is 4.75 Å². The van der Waals surface area contributed by atoms with Gasteiger partial charge in [-0.05, 0) is 28.8 Å². The molecule has 2 aromatic carbocycles. The summed E-state index contributed by atoms with van der Waals surface area (Å²) < 4.78 is -0.784. The molecule has 0 unspecified atom stereocenters. The summed E-state index contributed by atoms with van der Waals surface area (Å²) in [7, 11) is 0. The van der Waals surface area contributed by atoms with Crippen molar-refractivity contribution in [3.8, 4) is 0 Å². The van der Waals surface area contributed by atoms with Crippen LogP contribution in [0.5, 0.6) is 0 Å². The molecule has 0 spiro atoms. The van der Waals surface area contributed by atoms with Gasteiger partial charge in [0.15, 0.2) is 0 Å². The Morgan fingerprint density at radius 1 is 1.12 bits per heavy atom. The average Bonchev–Trinajstić information content (AvgIpc) is 2.81. The topological polar surface area (TPSA) is 77.9 Å². The van der Waals surface area contributed by atoms with E-state index in [-0.39, 0.29) is 18.5 Å². The molecule has 1 aliphatic rings. The van der Waals surface area contributed by atoms with Crippen molar-refractivity contribution in [2.45, 2.75) is 17.2 Å². The van der Waals surface area contributed by atoms with E-state index >= 15 is 0 Å². The number of thioether (sulfide) groups is 1. The normalized spacial score (nSPS) is 19.7. The molecule has 1 atom stereocenters. The third-order valence-corrected chi connectivity index (χ3v) is 5.70. The molecule has 6 heteroatoms. The van der Waals surface area contributed by atoms with Crippen LogP contribution < -0.4 is 5.32 Å². The first-order valence-electron chi connectivity index (χ1n) is 7.84. The van der Waals surface area contributed by atoms with Gasteiger partial charge in [0.25, 0.3) is 0 Å². The Balaban J connectivity index is 2.05. The third-order valence-electron chi connectivity index (χ3n) is 4.17. The molecule has 0 radical (unpaired) electrons. The first-order valence-corrected chi connectivity index (χ1v) is 8.83. The Labute approximate surface area is 145 Å². The monoisotopic (exact) mass is 338 g/mol. The molecule has 1 amide bonds. The highest BCUT2D eigenvalue weighted by Crippen LogP contribution is 2.44. The molecule has 0 aliphatic carbocycles. The van der Waals surface area contributed by atoms with Crippen LogP contribution in [0.3, 0.4) is 0 Å². The molecule has 1 aliphatic heterocycles. The highest BCUT2D eigenvalue weighted by atomic mass is 32.2. The quantitative estimate of drug-likeness (QED) is 0.522. The summed E-state index contributed by atoms with van der Waals surface area (Å²) in [5.74, 6) is 0.745. The summed E-state index contributed by atoms with van der Waals surface area (Å²) in [6, 6.07) is 19.6. The van der Waals surface area contributed by atoms with Gasteiger partial charge in [-0.2, -0.15) is 0 Å². The molecule has 1 fully saturated rings. The molecule has 1 heterocycles. The summed E-state index contributed by atoms with van der Waals surface area (Å²) in [5, 5.41) is 6.70. The summed E-state index contributed by atoms with van der Waals surface area (Å²) >= 11 is 1.64. The lowest BCUT2D eigenvalue weighted by atomic mass is 9.89. The van der Waals surface area contributed by atoms with Crippen LogP contribution in [0.2, 0.25) is 0 Å². The maximum absolute atomic E-state index is 13.2. The molecule has 1 N–H and O–H groups in total. The number of hydrogen-bond acceptors (Lipinski definition) is 3. The smallest absolute Gasteiger partial charge is 0.245 e. The Bertz CT molecular complexity index is 705. The van der Waals surface area contributed by atoms with E-state index in [0.717, 1.165) is 23.3 Å². The van der Waals surface area contributed by atoms with Gasteiger partial charge in [0.2, 0.25) is 5.91 Å². The fourth-order valence-electron chi connectivity index (χ4n) is 2.99. The number of azide groups is 1. The Morgan fingerprint density at radius 2 is 1.71 bits per heavy atom. The van der Waals surface area contributed by atoms with Crippen LogP contribution in [0.1, 0.15) is 17.5 Å². The summed E-state index contributed by atoms with van der Waals surface area (Å²) in [6.45, 7) is 0.280. The van der Waals surface area contributed by atoms with E-state index in [1.165, 1.54) is 0 Å². The zero-order valence-electron chi connectivity index (χ0n) is 13.1. The number of benzene rings is 2. The lowest BCUT2D eigenvalue weighted by molar-refractivity contribution is -0.123. The molecular formula is C18H18N4OS. The lowest BCUT2D eigenvalue weighted by Gasteiger charge is -2.31. The van der Waals surface area contributed by atoms with E-state index in [0.29, 0.717) is 0 Å². The molecule has 0 aromatic heterocycles. The van der Waals surface area contributed by atoms with Gasteiger partial charge in [0, 0.05) is 17.5 Å². The molecule has 1 saturated heterocycles. The maximum Gasteiger partial charge on any atom is 0.245 e. The van der Waals surface area contributed by atoms with Crippen molar-refractivity contribution in [1.82, 2.24) is 5.32 Å². The van der Waals surface area contributed by atoms with E-state index in [9.17, 15) is 4.79 Å². The van der Waals surface area contributed by atoms with Gasteiger partial charge in [0.05, 0.1) is 0 Å². The van der Waals surface area contributed by atoms with Crippen LogP contribution in [-0.4, -0.2) is 24.2 Å². The van der Waals surface area contributed by atoms with Crippen LogP contribution in [0.15, 0.2) is 65.8 Å².